The summed E-state index contributed by atoms with van der Waals surface area (Å²) in [7, 11) is 0. The van der Waals surface area contributed by atoms with Crippen LogP contribution < -0.4 is 10.5 Å². The van der Waals surface area contributed by atoms with E-state index in [2.05, 4.69) is 4.98 Å². The molecule has 18 heavy (non-hydrogen) atoms. The van der Waals surface area contributed by atoms with Gasteiger partial charge in [0.1, 0.15) is 12.4 Å². The number of rotatable bonds is 4. The predicted molar refractivity (Wildman–Crippen MR) is 72.6 cm³/mol. The number of hydrogen-bond acceptors (Lipinski definition) is 3. The minimum atomic E-state index is -0.0670. The largest absolute Gasteiger partial charge is 0.487 e. The molecule has 2 N–H and O–H groups in total. The molecule has 1 heterocycles. The lowest BCUT2D eigenvalue weighted by molar-refractivity contribution is 0.305. The van der Waals surface area contributed by atoms with Crippen LogP contribution in [0.15, 0.2) is 42.6 Å². The minimum absolute atomic E-state index is 0.0670. The van der Waals surface area contributed by atoms with Gasteiger partial charge in [0.15, 0.2) is 0 Å². The summed E-state index contributed by atoms with van der Waals surface area (Å²) in [6.45, 7) is 2.32. The van der Waals surface area contributed by atoms with Crippen LogP contribution >= 0.6 is 11.6 Å². The lowest BCUT2D eigenvalue weighted by Gasteiger charge is -2.09. The fourth-order valence-corrected chi connectivity index (χ4v) is 1.71. The first kappa shape index (κ1) is 12.9. The maximum atomic E-state index is 6.05. The highest BCUT2D eigenvalue weighted by Gasteiger charge is 2.03. The molecule has 0 spiro atoms. The molecular weight excluding hydrogens is 248 g/mol. The number of benzene rings is 1. The second kappa shape index (κ2) is 5.85. The Morgan fingerprint density at radius 3 is 2.67 bits per heavy atom. The van der Waals surface area contributed by atoms with Crippen LogP contribution in [0.2, 0.25) is 5.02 Å². The van der Waals surface area contributed by atoms with Crippen LogP contribution in [0.5, 0.6) is 5.75 Å². The fraction of sp³-hybridized carbons (Fsp3) is 0.214. The summed E-state index contributed by atoms with van der Waals surface area (Å²) in [5.74, 6) is 0.708. The standard InChI is InChI=1S/C14H15ClN2O/c1-10(16)14-7-6-12(8-17-14)18-9-11-4-2-3-5-13(11)15/h2-8,10H,9,16H2,1H3/t10-/m1/s1. The van der Waals surface area contributed by atoms with E-state index in [1.165, 1.54) is 0 Å². The van der Waals surface area contributed by atoms with Crippen LogP contribution in [0.3, 0.4) is 0 Å². The molecule has 0 radical (unpaired) electrons. The van der Waals surface area contributed by atoms with Gasteiger partial charge in [0.25, 0.3) is 0 Å². The summed E-state index contributed by atoms with van der Waals surface area (Å²) in [5, 5.41) is 0.706. The lowest BCUT2D eigenvalue weighted by Crippen LogP contribution is -2.07. The van der Waals surface area contributed by atoms with Crippen molar-refractivity contribution >= 4 is 11.6 Å². The molecule has 4 heteroatoms. The quantitative estimate of drug-likeness (QED) is 0.919. The third-order valence-electron chi connectivity index (χ3n) is 2.58. The summed E-state index contributed by atoms with van der Waals surface area (Å²) >= 11 is 6.05. The van der Waals surface area contributed by atoms with E-state index in [4.69, 9.17) is 22.1 Å². The van der Waals surface area contributed by atoms with E-state index in [0.29, 0.717) is 17.4 Å². The topological polar surface area (TPSA) is 48.1 Å². The van der Waals surface area contributed by atoms with Crippen LogP contribution in [0.25, 0.3) is 0 Å². The fourth-order valence-electron chi connectivity index (χ4n) is 1.52. The molecule has 0 unspecified atom stereocenters. The summed E-state index contributed by atoms with van der Waals surface area (Å²) < 4.78 is 5.62. The lowest BCUT2D eigenvalue weighted by atomic mass is 10.2. The molecule has 0 bridgehead atoms. The Hall–Kier alpha value is -1.58. The molecular formula is C14H15ClN2O. The van der Waals surface area contributed by atoms with Crippen LogP contribution in [0, 0.1) is 0 Å². The Morgan fingerprint density at radius 1 is 1.28 bits per heavy atom. The average molecular weight is 263 g/mol. The summed E-state index contributed by atoms with van der Waals surface area (Å²) in [6.07, 6.45) is 1.68. The second-order valence-electron chi connectivity index (χ2n) is 4.09. The van der Waals surface area contributed by atoms with Crippen molar-refractivity contribution < 1.29 is 4.74 Å². The molecule has 2 rings (SSSR count). The Labute approximate surface area is 112 Å². The molecule has 0 aliphatic rings. The van der Waals surface area contributed by atoms with Gasteiger partial charge in [-0.25, -0.2) is 0 Å². The molecule has 1 aromatic carbocycles. The Bertz CT molecular complexity index is 511. The highest BCUT2D eigenvalue weighted by atomic mass is 35.5. The van der Waals surface area contributed by atoms with Crippen molar-refractivity contribution in [1.29, 1.82) is 0 Å². The van der Waals surface area contributed by atoms with Gasteiger partial charge in [-0.2, -0.15) is 0 Å². The van der Waals surface area contributed by atoms with Crippen molar-refractivity contribution in [2.24, 2.45) is 5.73 Å². The number of nitrogens with zero attached hydrogens (tertiary/aromatic N) is 1. The van der Waals surface area contributed by atoms with Gasteiger partial charge < -0.3 is 10.5 Å². The van der Waals surface area contributed by atoms with Gasteiger partial charge in [-0.3, -0.25) is 4.98 Å². The number of aromatic nitrogens is 1. The van der Waals surface area contributed by atoms with Gasteiger partial charge in [0, 0.05) is 16.6 Å². The molecule has 0 amide bonds. The summed E-state index contributed by atoms with van der Waals surface area (Å²) in [5.41, 5.74) is 7.53. The first-order valence-electron chi connectivity index (χ1n) is 5.74. The van der Waals surface area contributed by atoms with Crippen molar-refractivity contribution in [3.05, 3.63) is 58.9 Å². The van der Waals surface area contributed by atoms with Gasteiger partial charge in [-0.1, -0.05) is 29.8 Å². The van der Waals surface area contributed by atoms with Crippen molar-refractivity contribution in [2.45, 2.75) is 19.6 Å². The van der Waals surface area contributed by atoms with Crippen molar-refractivity contribution in [3.63, 3.8) is 0 Å². The van der Waals surface area contributed by atoms with Gasteiger partial charge in [0.2, 0.25) is 0 Å². The van der Waals surface area contributed by atoms with Gasteiger partial charge >= 0.3 is 0 Å². The van der Waals surface area contributed by atoms with Crippen molar-refractivity contribution in [3.8, 4) is 5.75 Å². The third kappa shape index (κ3) is 3.22. The Balaban J connectivity index is 2.00. The van der Waals surface area contributed by atoms with Gasteiger partial charge in [-0.15, -0.1) is 0 Å². The highest BCUT2D eigenvalue weighted by molar-refractivity contribution is 6.31. The van der Waals surface area contributed by atoms with Crippen LogP contribution in [-0.2, 0) is 6.61 Å². The molecule has 0 aliphatic heterocycles. The van der Waals surface area contributed by atoms with E-state index in [9.17, 15) is 0 Å². The smallest absolute Gasteiger partial charge is 0.138 e. The molecule has 1 atom stereocenters. The predicted octanol–water partition coefficient (Wildman–Crippen LogP) is 3.33. The molecule has 0 fully saturated rings. The van der Waals surface area contributed by atoms with E-state index >= 15 is 0 Å². The Kier molecular flexibility index (Phi) is 4.18. The van der Waals surface area contributed by atoms with E-state index < -0.39 is 0 Å². The monoisotopic (exact) mass is 262 g/mol. The zero-order valence-electron chi connectivity index (χ0n) is 10.1. The molecule has 94 valence electrons. The molecule has 1 aromatic heterocycles. The van der Waals surface area contributed by atoms with Crippen LogP contribution in [0.4, 0.5) is 0 Å². The van der Waals surface area contributed by atoms with Crippen molar-refractivity contribution in [2.75, 3.05) is 0 Å². The molecule has 3 nitrogen and oxygen atoms in total. The molecule has 0 aliphatic carbocycles. The van der Waals surface area contributed by atoms with Crippen LogP contribution in [-0.4, -0.2) is 4.98 Å². The van der Waals surface area contributed by atoms with E-state index in [-0.39, 0.29) is 6.04 Å². The maximum absolute atomic E-state index is 6.05. The maximum Gasteiger partial charge on any atom is 0.138 e. The molecule has 0 saturated carbocycles. The number of nitrogens with two attached hydrogens (primary N) is 1. The van der Waals surface area contributed by atoms with Gasteiger partial charge in [0.05, 0.1) is 11.9 Å². The van der Waals surface area contributed by atoms with Crippen LogP contribution in [0.1, 0.15) is 24.2 Å². The normalized spacial score (nSPS) is 12.2. The number of pyridine rings is 1. The number of hydrogen-bond donors (Lipinski definition) is 1. The number of ether oxygens (including phenoxy) is 1. The molecule has 2 aromatic rings. The average Bonchev–Trinajstić information content (AvgIpc) is 2.38. The highest BCUT2D eigenvalue weighted by Crippen LogP contribution is 2.18. The summed E-state index contributed by atoms with van der Waals surface area (Å²) in [4.78, 5) is 4.23. The zero-order valence-corrected chi connectivity index (χ0v) is 10.9. The van der Waals surface area contributed by atoms with E-state index in [0.717, 1.165) is 11.3 Å². The third-order valence-corrected chi connectivity index (χ3v) is 2.95. The molecule has 0 saturated heterocycles. The zero-order chi connectivity index (χ0) is 13.0. The summed E-state index contributed by atoms with van der Waals surface area (Å²) in [6, 6.07) is 11.3. The first-order chi connectivity index (χ1) is 8.66. The first-order valence-corrected chi connectivity index (χ1v) is 6.12. The van der Waals surface area contributed by atoms with E-state index in [1.807, 2.05) is 43.3 Å². The SMILES string of the molecule is C[C@@H](N)c1ccc(OCc2ccccc2Cl)cn1. The number of halogens is 1. The Morgan fingerprint density at radius 2 is 2.06 bits per heavy atom. The van der Waals surface area contributed by atoms with Gasteiger partial charge in [-0.05, 0) is 25.1 Å². The van der Waals surface area contributed by atoms with Crippen molar-refractivity contribution in [1.82, 2.24) is 4.98 Å². The van der Waals surface area contributed by atoms with E-state index in [1.54, 1.807) is 6.20 Å². The minimum Gasteiger partial charge on any atom is -0.487 e. The second-order valence-corrected chi connectivity index (χ2v) is 4.49.